The fourth-order valence-corrected chi connectivity index (χ4v) is 6.84. The number of aliphatic imine (C=N–C) groups is 2. The summed E-state index contributed by atoms with van der Waals surface area (Å²) in [5, 5.41) is 45.8. The average Bonchev–Trinajstić information content (AvgIpc) is 3.28. The summed E-state index contributed by atoms with van der Waals surface area (Å²) in [5.74, 6) is -1.06. The molecular formula is C35H22I2N2Ni2O4. The van der Waals surface area contributed by atoms with Crippen molar-refractivity contribution in [2.45, 2.75) is 5.66 Å². The van der Waals surface area contributed by atoms with Crippen molar-refractivity contribution < 1.29 is 53.4 Å². The van der Waals surface area contributed by atoms with Crippen LogP contribution in [0.1, 0.15) is 22.3 Å². The number of benzene rings is 6. The molecule has 6 aromatic carbocycles. The first kappa shape index (κ1) is 33.2. The molecule has 0 fully saturated rings. The van der Waals surface area contributed by atoms with Gasteiger partial charge in [-0.2, -0.15) is 0 Å². The number of phenolic OH excluding ortho intramolecular Hbond substituents is 4. The minimum Gasteiger partial charge on any atom is -0.504 e. The van der Waals surface area contributed by atoms with Crippen LogP contribution in [0.4, 0.5) is 0 Å². The Hall–Kier alpha value is -3.17. The smallest absolute Gasteiger partial charge is 0.202 e. The Kier molecular flexibility index (Phi) is 9.52. The minimum absolute atomic E-state index is 0. The Labute approximate surface area is 306 Å². The van der Waals surface area contributed by atoms with Crippen molar-refractivity contribution in [2.75, 3.05) is 0 Å². The molecule has 7 rings (SSSR count). The van der Waals surface area contributed by atoms with Crippen LogP contribution in [0.15, 0.2) is 107 Å². The summed E-state index contributed by atoms with van der Waals surface area (Å²) in [6.07, 6.45) is 3.04. The largest absolute Gasteiger partial charge is 0.504 e. The molecule has 0 bridgehead atoms. The number of aromatic hydroxyl groups is 4. The first-order chi connectivity index (χ1) is 20.8. The maximum atomic E-state index is 10.6. The Bertz CT molecular complexity index is 2030. The standard InChI is InChI=1S/C35H22I2N2O4.2Ni/c36-23-9-11-25-19(15-23)7-13-27-31(25)32-26-12-10-24(37)16-20(26)8-14-28(32)35(27,38-17-21-3-1-5-29(40)33(21)42)39-18-22-4-2-6-30(41)34(22)43;;/h1-18,40-43H;;/b38-17+,39-18+;;. The van der Waals surface area contributed by atoms with E-state index in [-0.39, 0.29) is 56.0 Å². The summed E-state index contributed by atoms with van der Waals surface area (Å²) in [5.41, 5.74) is 3.00. The molecule has 45 heavy (non-hydrogen) atoms. The second-order valence-electron chi connectivity index (χ2n) is 10.3. The van der Waals surface area contributed by atoms with Gasteiger partial charge < -0.3 is 20.4 Å². The van der Waals surface area contributed by atoms with Gasteiger partial charge in [0.2, 0.25) is 5.66 Å². The van der Waals surface area contributed by atoms with E-state index in [1.807, 2.05) is 12.1 Å². The fraction of sp³-hybridized carbons (Fsp3) is 0.0286. The van der Waals surface area contributed by atoms with Crippen molar-refractivity contribution in [3.63, 3.8) is 0 Å². The van der Waals surface area contributed by atoms with Crippen molar-refractivity contribution in [1.29, 1.82) is 0 Å². The molecule has 0 heterocycles. The van der Waals surface area contributed by atoms with Gasteiger partial charge in [0.1, 0.15) is 0 Å². The molecule has 0 aliphatic heterocycles. The van der Waals surface area contributed by atoms with Gasteiger partial charge >= 0.3 is 0 Å². The van der Waals surface area contributed by atoms with Gasteiger partial charge in [-0.3, -0.25) is 9.98 Å². The number of hydrogen-bond acceptors (Lipinski definition) is 6. The minimum atomic E-state index is -1.32. The van der Waals surface area contributed by atoms with Crippen molar-refractivity contribution in [3.8, 4) is 34.1 Å². The van der Waals surface area contributed by atoms with Crippen molar-refractivity contribution >= 4 is 79.2 Å². The summed E-state index contributed by atoms with van der Waals surface area (Å²) in [6, 6.07) is 30.3. The number of para-hydroxylation sites is 2. The number of fused-ring (bicyclic) bond motifs is 7. The van der Waals surface area contributed by atoms with E-state index < -0.39 is 5.66 Å². The molecule has 6 nitrogen and oxygen atoms in total. The van der Waals surface area contributed by atoms with E-state index in [1.54, 1.807) is 24.3 Å². The molecule has 0 spiro atoms. The molecule has 1 aliphatic rings. The quantitative estimate of drug-likeness (QED) is 0.0618. The second kappa shape index (κ2) is 12.9. The van der Waals surface area contributed by atoms with E-state index in [1.165, 1.54) is 24.6 Å². The van der Waals surface area contributed by atoms with Gasteiger partial charge in [0.05, 0.1) is 0 Å². The van der Waals surface area contributed by atoms with Gasteiger partial charge in [0.25, 0.3) is 0 Å². The molecule has 0 aromatic heterocycles. The zero-order valence-corrected chi connectivity index (χ0v) is 29.3. The third-order valence-electron chi connectivity index (χ3n) is 7.84. The number of phenols is 4. The number of halogens is 2. The van der Waals surface area contributed by atoms with Crippen molar-refractivity contribution in [2.24, 2.45) is 9.98 Å². The Morgan fingerprint density at radius 3 is 1.38 bits per heavy atom. The molecular weight excluding hydrogens is 884 g/mol. The molecule has 0 atom stereocenters. The number of hydrogen-bond donors (Lipinski definition) is 4. The first-order valence-electron chi connectivity index (χ1n) is 13.3. The molecule has 0 radical (unpaired) electrons. The SMILES string of the molecule is Oc1cccc(/C=N/C2(/N=C/c3cccc(O)c3O)c3ccc4cc(I)ccc4c3-c3c2ccc2cc(I)ccc32)c1O.[Ni].[Ni]. The third kappa shape index (κ3) is 5.60. The van der Waals surface area contributed by atoms with E-state index in [0.29, 0.717) is 11.1 Å². The van der Waals surface area contributed by atoms with E-state index in [0.717, 1.165) is 50.9 Å². The molecule has 0 unspecified atom stereocenters. The van der Waals surface area contributed by atoms with Gasteiger partial charge in [0, 0.05) is 74.8 Å². The summed E-state index contributed by atoms with van der Waals surface area (Å²) in [6.45, 7) is 0. The van der Waals surface area contributed by atoms with Crippen molar-refractivity contribution in [3.05, 3.63) is 126 Å². The predicted octanol–water partition coefficient (Wildman–Crippen LogP) is 8.44. The molecule has 4 N–H and O–H groups in total. The van der Waals surface area contributed by atoms with Crippen LogP contribution in [0.3, 0.4) is 0 Å². The van der Waals surface area contributed by atoms with E-state index >= 15 is 0 Å². The predicted molar refractivity (Wildman–Crippen MR) is 188 cm³/mol. The van der Waals surface area contributed by atoms with Crippen LogP contribution >= 0.6 is 45.2 Å². The number of rotatable bonds is 4. The maximum Gasteiger partial charge on any atom is 0.202 e. The Morgan fingerprint density at radius 1 is 0.533 bits per heavy atom. The van der Waals surface area contributed by atoms with Crippen LogP contribution in [-0.2, 0) is 38.6 Å². The van der Waals surface area contributed by atoms with Crippen LogP contribution in [0, 0.1) is 7.14 Å². The van der Waals surface area contributed by atoms with E-state index in [2.05, 4.69) is 93.7 Å². The summed E-state index contributed by atoms with van der Waals surface area (Å²) in [4.78, 5) is 10.2. The molecule has 1 aliphatic carbocycles. The van der Waals surface area contributed by atoms with E-state index in [9.17, 15) is 20.4 Å². The topological polar surface area (TPSA) is 106 Å². The summed E-state index contributed by atoms with van der Waals surface area (Å²) in [7, 11) is 0. The van der Waals surface area contributed by atoms with Gasteiger partial charge in [-0.25, -0.2) is 0 Å². The van der Waals surface area contributed by atoms with Gasteiger partial charge in [0.15, 0.2) is 23.0 Å². The third-order valence-corrected chi connectivity index (χ3v) is 9.18. The summed E-state index contributed by atoms with van der Waals surface area (Å²) < 4.78 is 2.24. The molecule has 6 aromatic rings. The van der Waals surface area contributed by atoms with Gasteiger partial charge in [-0.05, 0) is 126 Å². The van der Waals surface area contributed by atoms with Crippen LogP contribution in [0.2, 0.25) is 0 Å². The number of nitrogens with zero attached hydrogens (tertiary/aromatic N) is 2. The van der Waals surface area contributed by atoms with Crippen LogP contribution < -0.4 is 0 Å². The average molecular weight is 906 g/mol. The zero-order valence-electron chi connectivity index (χ0n) is 23.0. The molecule has 0 saturated carbocycles. The van der Waals surface area contributed by atoms with Crippen LogP contribution in [-0.4, -0.2) is 32.9 Å². The van der Waals surface area contributed by atoms with Gasteiger partial charge in [-0.1, -0.05) is 48.5 Å². The van der Waals surface area contributed by atoms with Crippen LogP contribution in [0.5, 0.6) is 23.0 Å². The first-order valence-corrected chi connectivity index (χ1v) is 15.5. The normalized spacial score (nSPS) is 13.1. The fourth-order valence-electron chi connectivity index (χ4n) is 5.81. The van der Waals surface area contributed by atoms with E-state index in [4.69, 9.17) is 9.98 Å². The molecule has 230 valence electrons. The van der Waals surface area contributed by atoms with Gasteiger partial charge in [-0.15, -0.1) is 0 Å². The Balaban J connectivity index is 0.00000200. The van der Waals surface area contributed by atoms with Crippen molar-refractivity contribution in [1.82, 2.24) is 0 Å². The maximum absolute atomic E-state index is 10.6. The summed E-state index contributed by atoms with van der Waals surface area (Å²) >= 11 is 4.63. The Morgan fingerprint density at radius 2 is 0.956 bits per heavy atom. The monoisotopic (exact) mass is 904 g/mol. The molecule has 0 saturated heterocycles. The second-order valence-corrected chi connectivity index (χ2v) is 12.8. The molecule has 10 heteroatoms. The zero-order chi connectivity index (χ0) is 29.9. The molecule has 0 amide bonds. The van der Waals surface area contributed by atoms with Crippen LogP contribution in [0.25, 0.3) is 32.7 Å².